The van der Waals surface area contributed by atoms with Crippen LogP contribution in [0.4, 0.5) is 0 Å². The number of rotatable bonds is 8. The lowest BCUT2D eigenvalue weighted by Crippen LogP contribution is -2.62. The molecule has 1 N–H and O–H groups in total. The molecule has 2 heteroatoms. The summed E-state index contributed by atoms with van der Waals surface area (Å²) in [5.41, 5.74) is 0.501. The third kappa shape index (κ3) is 3.33. The molecule has 2 saturated carbocycles. The maximum absolute atomic E-state index is 6.30. The molecule has 2 nitrogen and oxygen atoms in total. The van der Waals surface area contributed by atoms with Crippen molar-refractivity contribution < 1.29 is 4.74 Å². The van der Waals surface area contributed by atoms with Gasteiger partial charge >= 0.3 is 0 Å². The molecule has 0 saturated heterocycles. The maximum atomic E-state index is 6.30. The monoisotopic (exact) mass is 267 g/mol. The lowest BCUT2D eigenvalue weighted by Gasteiger charge is -2.54. The predicted molar refractivity (Wildman–Crippen MR) is 81.4 cm³/mol. The van der Waals surface area contributed by atoms with Crippen molar-refractivity contribution in [1.82, 2.24) is 5.32 Å². The van der Waals surface area contributed by atoms with Gasteiger partial charge in [0.25, 0.3) is 0 Å². The molecule has 0 heterocycles. The van der Waals surface area contributed by atoms with Crippen molar-refractivity contribution in [3.05, 3.63) is 0 Å². The summed E-state index contributed by atoms with van der Waals surface area (Å²) in [6, 6.07) is 0.737. The van der Waals surface area contributed by atoms with E-state index in [-0.39, 0.29) is 0 Å². The van der Waals surface area contributed by atoms with Gasteiger partial charge in [0, 0.05) is 18.1 Å². The highest BCUT2D eigenvalue weighted by molar-refractivity contribution is 5.09. The highest BCUT2D eigenvalue weighted by Crippen LogP contribution is 2.54. The van der Waals surface area contributed by atoms with Gasteiger partial charge in [-0.3, -0.25) is 0 Å². The molecule has 2 aliphatic carbocycles. The Kier molecular flexibility index (Phi) is 5.70. The molecule has 2 aliphatic rings. The van der Waals surface area contributed by atoms with E-state index in [1.807, 2.05) is 0 Å². The summed E-state index contributed by atoms with van der Waals surface area (Å²) in [5.74, 6) is 0.728. The first-order valence-electron chi connectivity index (χ1n) is 8.58. The van der Waals surface area contributed by atoms with Gasteiger partial charge in [-0.05, 0) is 44.6 Å². The average Bonchev–Trinajstić information content (AvgIpc) is 2.89. The molecule has 1 spiro atoms. The lowest BCUT2D eigenvalue weighted by molar-refractivity contribution is -0.140. The first-order valence-corrected chi connectivity index (χ1v) is 8.58. The molecule has 0 amide bonds. The quantitative estimate of drug-likeness (QED) is 0.713. The first-order chi connectivity index (χ1) is 9.23. The van der Waals surface area contributed by atoms with Crippen LogP contribution in [-0.2, 0) is 4.74 Å². The summed E-state index contributed by atoms with van der Waals surface area (Å²) in [6.07, 6.45) is 11.2. The largest absolute Gasteiger partial charge is 0.377 e. The lowest BCUT2D eigenvalue weighted by atomic mass is 9.60. The van der Waals surface area contributed by atoms with E-state index in [2.05, 4.69) is 26.1 Å². The fourth-order valence-electron chi connectivity index (χ4n) is 4.15. The molecule has 112 valence electrons. The Balaban J connectivity index is 1.81. The Morgan fingerprint density at radius 3 is 2.58 bits per heavy atom. The normalized spacial score (nSPS) is 30.5. The number of hydrogen-bond acceptors (Lipinski definition) is 2. The first kappa shape index (κ1) is 15.3. The van der Waals surface area contributed by atoms with Crippen molar-refractivity contribution in [2.24, 2.45) is 11.3 Å². The molecule has 0 bridgehead atoms. The summed E-state index contributed by atoms with van der Waals surface area (Å²) in [5, 5.41) is 3.76. The van der Waals surface area contributed by atoms with E-state index in [1.165, 1.54) is 57.9 Å². The molecular formula is C17H33NO. The van der Waals surface area contributed by atoms with Gasteiger partial charge in [0.2, 0.25) is 0 Å². The standard InChI is InChI=1S/C17H33NO/c1-4-8-14(3)13-19-16-12-15(18-11-5-2)17(16)9-6-7-10-17/h14-16,18H,4-13H2,1-3H3. The fraction of sp³-hybridized carbons (Fsp3) is 1.00. The zero-order valence-electron chi connectivity index (χ0n) is 13.2. The van der Waals surface area contributed by atoms with E-state index in [1.54, 1.807) is 0 Å². The minimum Gasteiger partial charge on any atom is -0.377 e. The van der Waals surface area contributed by atoms with Crippen LogP contribution in [0.2, 0.25) is 0 Å². The summed E-state index contributed by atoms with van der Waals surface area (Å²) >= 11 is 0. The minimum absolute atomic E-state index is 0.501. The Hall–Kier alpha value is -0.0800. The zero-order valence-corrected chi connectivity index (χ0v) is 13.2. The number of hydrogen-bond donors (Lipinski definition) is 1. The van der Waals surface area contributed by atoms with Crippen LogP contribution in [0.3, 0.4) is 0 Å². The van der Waals surface area contributed by atoms with Crippen molar-refractivity contribution in [1.29, 1.82) is 0 Å². The van der Waals surface area contributed by atoms with Crippen LogP contribution >= 0.6 is 0 Å². The Bertz CT molecular complexity index is 260. The highest BCUT2D eigenvalue weighted by Gasteiger charge is 2.56. The van der Waals surface area contributed by atoms with Crippen molar-refractivity contribution in [2.75, 3.05) is 13.2 Å². The Morgan fingerprint density at radius 2 is 1.95 bits per heavy atom. The van der Waals surface area contributed by atoms with Gasteiger partial charge in [0.15, 0.2) is 0 Å². The second-order valence-electron chi connectivity index (χ2n) is 6.90. The van der Waals surface area contributed by atoms with E-state index in [0.717, 1.165) is 18.6 Å². The van der Waals surface area contributed by atoms with Crippen LogP contribution in [0.5, 0.6) is 0 Å². The Labute approximate surface area is 119 Å². The van der Waals surface area contributed by atoms with E-state index >= 15 is 0 Å². The summed E-state index contributed by atoms with van der Waals surface area (Å²) < 4.78 is 6.30. The van der Waals surface area contributed by atoms with Crippen LogP contribution in [0, 0.1) is 11.3 Å². The van der Waals surface area contributed by atoms with Gasteiger partial charge < -0.3 is 10.1 Å². The molecule has 19 heavy (non-hydrogen) atoms. The molecule has 2 fully saturated rings. The Morgan fingerprint density at radius 1 is 1.21 bits per heavy atom. The second-order valence-corrected chi connectivity index (χ2v) is 6.90. The van der Waals surface area contributed by atoms with Gasteiger partial charge in [-0.15, -0.1) is 0 Å². The van der Waals surface area contributed by atoms with Crippen LogP contribution < -0.4 is 5.32 Å². The van der Waals surface area contributed by atoms with E-state index in [9.17, 15) is 0 Å². The SMILES string of the molecule is CCCNC1CC(OCC(C)CCC)C12CCCC2. The van der Waals surface area contributed by atoms with Crippen LogP contribution in [0.1, 0.15) is 72.1 Å². The molecule has 3 unspecified atom stereocenters. The third-order valence-corrected chi connectivity index (χ3v) is 5.32. The van der Waals surface area contributed by atoms with Crippen LogP contribution in [0.15, 0.2) is 0 Å². The van der Waals surface area contributed by atoms with Crippen LogP contribution in [0.25, 0.3) is 0 Å². The van der Waals surface area contributed by atoms with Crippen molar-refractivity contribution in [3.8, 4) is 0 Å². The third-order valence-electron chi connectivity index (χ3n) is 5.32. The van der Waals surface area contributed by atoms with Gasteiger partial charge in [-0.2, -0.15) is 0 Å². The number of ether oxygens (including phenoxy) is 1. The molecule has 0 aliphatic heterocycles. The van der Waals surface area contributed by atoms with Gasteiger partial charge in [0.05, 0.1) is 6.10 Å². The molecule has 0 radical (unpaired) electrons. The van der Waals surface area contributed by atoms with Crippen molar-refractivity contribution in [3.63, 3.8) is 0 Å². The summed E-state index contributed by atoms with van der Waals surface area (Å²) in [6.45, 7) is 9.00. The van der Waals surface area contributed by atoms with Gasteiger partial charge in [-0.1, -0.05) is 40.0 Å². The average molecular weight is 267 g/mol. The number of nitrogens with one attached hydrogen (secondary N) is 1. The maximum Gasteiger partial charge on any atom is 0.0661 e. The van der Waals surface area contributed by atoms with E-state index < -0.39 is 0 Å². The molecule has 2 rings (SSSR count). The molecule has 0 aromatic rings. The molecular weight excluding hydrogens is 234 g/mol. The van der Waals surface area contributed by atoms with Crippen molar-refractivity contribution in [2.45, 2.75) is 84.3 Å². The zero-order chi connectivity index (χ0) is 13.7. The minimum atomic E-state index is 0.501. The molecule has 3 atom stereocenters. The van der Waals surface area contributed by atoms with Crippen molar-refractivity contribution >= 4 is 0 Å². The second kappa shape index (κ2) is 7.08. The molecule has 0 aromatic carbocycles. The predicted octanol–water partition coefficient (Wildman–Crippen LogP) is 4.14. The van der Waals surface area contributed by atoms with Crippen LogP contribution in [-0.4, -0.2) is 25.3 Å². The summed E-state index contributed by atoms with van der Waals surface area (Å²) in [4.78, 5) is 0. The van der Waals surface area contributed by atoms with E-state index in [0.29, 0.717) is 11.5 Å². The summed E-state index contributed by atoms with van der Waals surface area (Å²) in [7, 11) is 0. The highest BCUT2D eigenvalue weighted by atomic mass is 16.5. The smallest absolute Gasteiger partial charge is 0.0661 e. The topological polar surface area (TPSA) is 21.3 Å². The van der Waals surface area contributed by atoms with Gasteiger partial charge in [0.1, 0.15) is 0 Å². The van der Waals surface area contributed by atoms with E-state index in [4.69, 9.17) is 4.74 Å². The van der Waals surface area contributed by atoms with Gasteiger partial charge in [-0.25, -0.2) is 0 Å². The fourth-order valence-corrected chi connectivity index (χ4v) is 4.15. The molecule has 0 aromatic heterocycles.